The number of fused-ring (bicyclic) bond motifs is 1. The smallest absolute Gasteiger partial charge is 0.270 e. The molecule has 0 saturated carbocycles. The maximum atomic E-state index is 12.7. The minimum Gasteiger partial charge on any atom is -0.289 e. The molecular formula is C18H15NO3. The molecule has 110 valence electrons. The summed E-state index contributed by atoms with van der Waals surface area (Å²) < 4.78 is 0. The number of Topliss-reactive ketones (excluding diaryl/α,β-unsaturated/α-hetero) is 1. The summed E-state index contributed by atoms with van der Waals surface area (Å²) in [5, 5.41) is 10.8. The molecule has 0 spiro atoms. The topological polar surface area (TPSA) is 60.2 Å². The van der Waals surface area contributed by atoms with E-state index >= 15 is 0 Å². The summed E-state index contributed by atoms with van der Waals surface area (Å²) in [6.45, 7) is 0. The summed E-state index contributed by atoms with van der Waals surface area (Å²) in [5.74, 6) is 0.0274. The Morgan fingerprint density at radius 2 is 1.86 bits per heavy atom. The molecule has 4 nitrogen and oxygen atoms in total. The Kier molecular flexibility index (Phi) is 3.83. The molecule has 0 heterocycles. The van der Waals surface area contributed by atoms with E-state index in [0.717, 1.165) is 24.0 Å². The van der Waals surface area contributed by atoms with Crippen LogP contribution in [0.25, 0.3) is 6.08 Å². The number of aryl methyl sites for hydroxylation is 1. The average molecular weight is 293 g/mol. The van der Waals surface area contributed by atoms with Crippen LogP contribution in [-0.2, 0) is 6.42 Å². The van der Waals surface area contributed by atoms with Gasteiger partial charge in [0.1, 0.15) is 0 Å². The molecular weight excluding hydrogens is 278 g/mol. The third-order valence-electron chi connectivity index (χ3n) is 3.87. The molecule has 4 heteroatoms. The van der Waals surface area contributed by atoms with Gasteiger partial charge in [-0.25, -0.2) is 0 Å². The molecule has 0 atom stereocenters. The number of non-ortho nitro benzene ring substituents is 1. The number of hydrogen-bond acceptors (Lipinski definition) is 3. The zero-order valence-corrected chi connectivity index (χ0v) is 12.0. The van der Waals surface area contributed by atoms with Crippen molar-refractivity contribution in [3.8, 4) is 0 Å². The van der Waals surface area contributed by atoms with Gasteiger partial charge in [-0.2, -0.15) is 0 Å². The molecule has 0 aromatic heterocycles. The number of nitro groups is 1. The highest BCUT2D eigenvalue weighted by Gasteiger charge is 2.19. The van der Waals surface area contributed by atoms with E-state index in [9.17, 15) is 14.9 Å². The Morgan fingerprint density at radius 3 is 2.68 bits per heavy atom. The summed E-state index contributed by atoms with van der Waals surface area (Å²) in [7, 11) is 0. The van der Waals surface area contributed by atoms with Crippen LogP contribution in [0.1, 0.15) is 34.3 Å². The monoisotopic (exact) mass is 293 g/mol. The first kappa shape index (κ1) is 14.2. The molecule has 1 aliphatic rings. The van der Waals surface area contributed by atoms with Gasteiger partial charge < -0.3 is 0 Å². The average Bonchev–Trinajstić information content (AvgIpc) is 2.68. The van der Waals surface area contributed by atoms with Crippen molar-refractivity contribution in [2.24, 2.45) is 0 Å². The number of ketones is 1. The predicted octanol–water partition coefficient (Wildman–Crippen LogP) is 4.20. The molecule has 0 radical (unpaired) electrons. The van der Waals surface area contributed by atoms with Gasteiger partial charge in [0.2, 0.25) is 0 Å². The van der Waals surface area contributed by atoms with E-state index in [1.54, 1.807) is 18.2 Å². The summed E-state index contributed by atoms with van der Waals surface area (Å²) in [4.78, 5) is 23.1. The highest BCUT2D eigenvalue weighted by atomic mass is 16.6. The second-order valence-electron chi connectivity index (χ2n) is 5.36. The number of rotatable bonds is 2. The van der Waals surface area contributed by atoms with E-state index in [1.807, 2.05) is 24.3 Å². The van der Waals surface area contributed by atoms with Crippen LogP contribution in [0.15, 0.2) is 54.1 Å². The van der Waals surface area contributed by atoms with Crippen molar-refractivity contribution >= 4 is 17.5 Å². The van der Waals surface area contributed by atoms with Crippen LogP contribution in [0.3, 0.4) is 0 Å². The maximum Gasteiger partial charge on any atom is 0.270 e. The van der Waals surface area contributed by atoms with Crippen molar-refractivity contribution in [3.63, 3.8) is 0 Å². The molecule has 1 aliphatic carbocycles. The van der Waals surface area contributed by atoms with E-state index in [1.165, 1.54) is 12.1 Å². The van der Waals surface area contributed by atoms with E-state index in [0.29, 0.717) is 17.6 Å². The lowest BCUT2D eigenvalue weighted by Gasteiger charge is -2.05. The quantitative estimate of drug-likeness (QED) is 0.361. The molecule has 0 N–H and O–H groups in total. The number of nitrogens with zero attached hydrogens (tertiary/aromatic N) is 1. The number of carbonyl (C=O) groups is 1. The Bertz CT molecular complexity index is 777. The molecule has 0 amide bonds. The van der Waals surface area contributed by atoms with E-state index < -0.39 is 4.92 Å². The zero-order chi connectivity index (χ0) is 15.5. The molecule has 0 aliphatic heterocycles. The first-order valence-corrected chi connectivity index (χ1v) is 7.23. The number of hydrogen-bond donors (Lipinski definition) is 0. The van der Waals surface area contributed by atoms with Gasteiger partial charge in [-0.3, -0.25) is 14.9 Å². The lowest BCUT2D eigenvalue weighted by molar-refractivity contribution is -0.384. The fourth-order valence-electron chi connectivity index (χ4n) is 2.78. The van der Waals surface area contributed by atoms with Crippen molar-refractivity contribution in [1.82, 2.24) is 0 Å². The van der Waals surface area contributed by atoms with Gasteiger partial charge in [-0.05, 0) is 36.5 Å². The van der Waals surface area contributed by atoms with Crippen LogP contribution < -0.4 is 0 Å². The Balaban J connectivity index is 1.99. The summed E-state index contributed by atoms with van der Waals surface area (Å²) in [6, 6.07) is 14.0. The second-order valence-corrected chi connectivity index (χ2v) is 5.36. The van der Waals surface area contributed by atoms with Gasteiger partial charge in [-0.1, -0.05) is 36.4 Å². The molecule has 0 fully saturated rings. The summed E-state index contributed by atoms with van der Waals surface area (Å²) >= 11 is 0. The zero-order valence-electron chi connectivity index (χ0n) is 12.0. The van der Waals surface area contributed by atoms with Crippen molar-refractivity contribution in [1.29, 1.82) is 0 Å². The summed E-state index contributed by atoms with van der Waals surface area (Å²) in [6.07, 6.45) is 4.26. The number of allylic oxidation sites excluding steroid dienone is 1. The lowest BCUT2D eigenvalue weighted by atomic mass is 9.98. The minimum absolute atomic E-state index is 0.0274. The minimum atomic E-state index is -0.424. The Morgan fingerprint density at radius 1 is 1.05 bits per heavy atom. The van der Waals surface area contributed by atoms with Crippen molar-refractivity contribution in [2.75, 3.05) is 0 Å². The Hall–Kier alpha value is -2.75. The molecule has 0 bridgehead atoms. The van der Waals surface area contributed by atoms with Crippen LogP contribution in [0.2, 0.25) is 0 Å². The summed E-state index contributed by atoms with van der Waals surface area (Å²) in [5.41, 5.74) is 3.27. The highest BCUT2D eigenvalue weighted by molar-refractivity contribution is 6.12. The van der Waals surface area contributed by atoms with Gasteiger partial charge in [-0.15, -0.1) is 0 Å². The first-order chi connectivity index (χ1) is 10.6. The molecule has 2 aromatic rings. The van der Waals surface area contributed by atoms with Gasteiger partial charge in [0.05, 0.1) is 4.92 Å². The fraction of sp³-hybridized carbons (Fsp3) is 0.167. The fourth-order valence-corrected chi connectivity index (χ4v) is 2.78. The standard InChI is InChI=1S/C18H15NO3/c20-18-15(8-4-7-14-6-1-2-10-17(14)18)11-13-5-3-9-16(12-13)19(21)22/h1-3,5-6,9-12H,4,7-8H2/b15-11+. The van der Waals surface area contributed by atoms with Crippen LogP contribution >= 0.6 is 0 Å². The largest absolute Gasteiger partial charge is 0.289 e. The highest BCUT2D eigenvalue weighted by Crippen LogP contribution is 2.26. The van der Waals surface area contributed by atoms with Crippen molar-refractivity contribution in [3.05, 3.63) is 80.9 Å². The van der Waals surface area contributed by atoms with E-state index in [2.05, 4.69) is 0 Å². The van der Waals surface area contributed by atoms with Gasteiger partial charge >= 0.3 is 0 Å². The lowest BCUT2D eigenvalue weighted by Crippen LogP contribution is -2.03. The maximum absolute atomic E-state index is 12.7. The normalized spacial score (nSPS) is 16.2. The second kappa shape index (κ2) is 5.93. The number of carbonyl (C=O) groups excluding carboxylic acids is 1. The predicted molar refractivity (Wildman–Crippen MR) is 84.8 cm³/mol. The van der Waals surface area contributed by atoms with Crippen LogP contribution in [0.4, 0.5) is 5.69 Å². The Labute approximate surface area is 128 Å². The van der Waals surface area contributed by atoms with Crippen LogP contribution in [-0.4, -0.2) is 10.7 Å². The third kappa shape index (κ3) is 2.81. The molecule has 22 heavy (non-hydrogen) atoms. The van der Waals surface area contributed by atoms with E-state index in [4.69, 9.17) is 0 Å². The van der Waals surface area contributed by atoms with Crippen molar-refractivity contribution < 1.29 is 9.72 Å². The number of benzene rings is 2. The van der Waals surface area contributed by atoms with Gasteiger partial charge in [0.15, 0.2) is 5.78 Å². The van der Waals surface area contributed by atoms with Gasteiger partial charge in [0, 0.05) is 23.3 Å². The SMILES string of the molecule is O=C1/C(=C/c2cccc([N+](=O)[O-])c2)CCCc2ccccc21. The molecule has 0 unspecified atom stereocenters. The van der Waals surface area contributed by atoms with E-state index in [-0.39, 0.29) is 11.5 Å². The molecule has 0 saturated heterocycles. The van der Waals surface area contributed by atoms with Crippen molar-refractivity contribution in [2.45, 2.75) is 19.3 Å². The van der Waals surface area contributed by atoms with Crippen LogP contribution in [0, 0.1) is 10.1 Å². The first-order valence-electron chi connectivity index (χ1n) is 7.23. The number of nitro benzene ring substituents is 1. The third-order valence-corrected chi connectivity index (χ3v) is 3.87. The molecule has 2 aromatic carbocycles. The van der Waals surface area contributed by atoms with Crippen LogP contribution in [0.5, 0.6) is 0 Å². The molecule has 3 rings (SSSR count). The van der Waals surface area contributed by atoms with Gasteiger partial charge in [0.25, 0.3) is 5.69 Å².